The van der Waals surface area contributed by atoms with Crippen molar-refractivity contribution in [1.82, 2.24) is 4.98 Å². The minimum absolute atomic E-state index is 0.499. The third-order valence-electron chi connectivity index (χ3n) is 2.50. The van der Waals surface area contributed by atoms with Crippen molar-refractivity contribution in [3.05, 3.63) is 42.1 Å². The highest BCUT2D eigenvalue weighted by molar-refractivity contribution is 5.56. The summed E-state index contributed by atoms with van der Waals surface area (Å²) < 4.78 is 1.84. The molecular formula is C12H15N4+. The molecule has 0 saturated carbocycles. The van der Waals surface area contributed by atoms with Gasteiger partial charge >= 0.3 is 5.95 Å². The van der Waals surface area contributed by atoms with E-state index >= 15 is 0 Å². The van der Waals surface area contributed by atoms with Gasteiger partial charge in [0.05, 0.1) is 12.7 Å². The summed E-state index contributed by atoms with van der Waals surface area (Å²) in [7, 11) is 1.89. The fourth-order valence-corrected chi connectivity index (χ4v) is 1.44. The number of nitrogens with zero attached hydrogens (tertiary/aromatic N) is 2. The largest absolute Gasteiger partial charge is 0.391 e. The Morgan fingerprint density at radius 1 is 1.25 bits per heavy atom. The lowest BCUT2D eigenvalue weighted by Crippen LogP contribution is -2.36. The monoisotopic (exact) mass is 215 g/mol. The molecule has 16 heavy (non-hydrogen) atoms. The topological polar surface area (TPSA) is 54.8 Å². The van der Waals surface area contributed by atoms with Gasteiger partial charge in [-0.25, -0.2) is 4.57 Å². The quantitative estimate of drug-likeness (QED) is 0.747. The van der Waals surface area contributed by atoms with Crippen molar-refractivity contribution < 1.29 is 4.57 Å². The van der Waals surface area contributed by atoms with Crippen LogP contribution in [0.5, 0.6) is 0 Å². The molecule has 3 N–H and O–H groups in total. The predicted octanol–water partition coefficient (Wildman–Crippen LogP) is 1.54. The van der Waals surface area contributed by atoms with E-state index in [1.807, 2.05) is 54.9 Å². The first-order valence-electron chi connectivity index (χ1n) is 5.12. The Bertz CT molecular complexity index is 471. The van der Waals surface area contributed by atoms with Crippen molar-refractivity contribution >= 4 is 17.5 Å². The van der Waals surface area contributed by atoms with E-state index in [0.717, 1.165) is 17.2 Å². The molecule has 0 bridgehead atoms. The summed E-state index contributed by atoms with van der Waals surface area (Å²) in [6.07, 6.45) is 0. The zero-order valence-electron chi connectivity index (χ0n) is 9.44. The second kappa shape index (κ2) is 4.18. The van der Waals surface area contributed by atoms with Gasteiger partial charge in [-0.15, -0.1) is 0 Å². The highest BCUT2D eigenvalue weighted by Gasteiger charge is 2.09. The molecule has 0 saturated heterocycles. The predicted molar refractivity (Wildman–Crippen MR) is 64.3 cm³/mol. The molecule has 0 aliphatic carbocycles. The molecule has 1 aromatic carbocycles. The van der Waals surface area contributed by atoms with Gasteiger partial charge in [0.1, 0.15) is 0 Å². The maximum atomic E-state index is 5.79. The molecule has 4 nitrogen and oxygen atoms in total. The fourth-order valence-electron chi connectivity index (χ4n) is 1.44. The average Bonchev–Trinajstić information content (AvgIpc) is 2.27. The maximum Gasteiger partial charge on any atom is 0.391 e. The fraction of sp³-hybridized carbons (Fsp3) is 0.167. The molecule has 2 rings (SSSR count). The number of para-hydroxylation sites is 1. The molecule has 82 valence electrons. The van der Waals surface area contributed by atoms with E-state index in [-0.39, 0.29) is 0 Å². The number of rotatable bonds is 2. The summed E-state index contributed by atoms with van der Waals surface area (Å²) in [6, 6.07) is 11.9. The van der Waals surface area contributed by atoms with Crippen LogP contribution in [0.1, 0.15) is 5.69 Å². The van der Waals surface area contributed by atoms with Crippen LogP contribution >= 0.6 is 0 Å². The zero-order valence-corrected chi connectivity index (χ0v) is 9.44. The SMILES string of the molecule is Cc1cc(Nc2ccccc2)nc(N)[n+]1C. The van der Waals surface area contributed by atoms with E-state index in [1.165, 1.54) is 0 Å². The lowest BCUT2D eigenvalue weighted by molar-refractivity contribution is -0.665. The lowest BCUT2D eigenvalue weighted by Gasteiger charge is -2.05. The number of aromatic nitrogens is 2. The van der Waals surface area contributed by atoms with Crippen molar-refractivity contribution in [3.63, 3.8) is 0 Å². The first kappa shape index (κ1) is 10.4. The summed E-state index contributed by atoms with van der Waals surface area (Å²) >= 11 is 0. The van der Waals surface area contributed by atoms with E-state index < -0.39 is 0 Å². The minimum Gasteiger partial charge on any atom is -0.326 e. The number of nitrogens with one attached hydrogen (secondary N) is 1. The second-order valence-electron chi connectivity index (χ2n) is 3.69. The zero-order chi connectivity index (χ0) is 11.5. The van der Waals surface area contributed by atoms with Gasteiger partial charge in [0, 0.05) is 11.8 Å². The standard InChI is InChI=1S/C12H14N4/c1-9-8-11(15-12(13)16(9)2)14-10-6-4-3-5-7-10/h3-8H,1-2H3,(H2,13,14,15)/p+1. The first-order chi connectivity index (χ1) is 7.66. The van der Waals surface area contributed by atoms with Gasteiger partial charge < -0.3 is 5.32 Å². The highest BCUT2D eigenvalue weighted by atomic mass is 15.1. The van der Waals surface area contributed by atoms with E-state index in [4.69, 9.17) is 5.73 Å². The molecule has 0 unspecified atom stereocenters. The summed E-state index contributed by atoms with van der Waals surface area (Å²) in [5.41, 5.74) is 7.85. The molecule has 0 fully saturated rings. The summed E-state index contributed by atoms with van der Waals surface area (Å²) in [5.74, 6) is 1.26. The van der Waals surface area contributed by atoms with Crippen molar-refractivity contribution in [1.29, 1.82) is 0 Å². The van der Waals surface area contributed by atoms with Gasteiger partial charge in [-0.1, -0.05) is 23.2 Å². The van der Waals surface area contributed by atoms with Crippen LogP contribution in [0.15, 0.2) is 36.4 Å². The minimum atomic E-state index is 0.499. The summed E-state index contributed by atoms with van der Waals surface area (Å²) in [4.78, 5) is 4.26. The number of hydrogen-bond donors (Lipinski definition) is 2. The molecule has 0 amide bonds. The molecule has 1 heterocycles. The molecule has 2 aromatic rings. The molecule has 0 spiro atoms. The number of benzene rings is 1. The van der Waals surface area contributed by atoms with Gasteiger partial charge in [0.15, 0.2) is 0 Å². The Labute approximate surface area is 94.8 Å². The van der Waals surface area contributed by atoms with Crippen LogP contribution in [0, 0.1) is 6.92 Å². The van der Waals surface area contributed by atoms with E-state index in [9.17, 15) is 0 Å². The Morgan fingerprint density at radius 3 is 2.56 bits per heavy atom. The van der Waals surface area contributed by atoms with Crippen LogP contribution in [-0.2, 0) is 7.05 Å². The van der Waals surface area contributed by atoms with Crippen molar-refractivity contribution in [2.45, 2.75) is 6.92 Å². The van der Waals surface area contributed by atoms with Crippen LogP contribution < -0.4 is 15.6 Å². The lowest BCUT2D eigenvalue weighted by atomic mass is 10.3. The highest BCUT2D eigenvalue weighted by Crippen LogP contribution is 2.14. The normalized spacial score (nSPS) is 10.1. The van der Waals surface area contributed by atoms with Gasteiger partial charge in [-0.2, -0.15) is 0 Å². The Morgan fingerprint density at radius 2 is 1.94 bits per heavy atom. The molecule has 0 atom stereocenters. The van der Waals surface area contributed by atoms with Crippen LogP contribution in [0.25, 0.3) is 0 Å². The van der Waals surface area contributed by atoms with Crippen LogP contribution in [-0.4, -0.2) is 4.98 Å². The third kappa shape index (κ3) is 2.11. The van der Waals surface area contributed by atoms with Crippen molar-refractivity contribution in [3.8, 4) is 0 Å². The van der Waals surface area contributed by atoms with Crippen molar-refractivity contribution in [2.24, 2.45) is 7.05 Å². The van der Waals surface area contributed by atoms with E-state index in [2.05, 4.69) is 10.3 Å². The molecular weight excluding hydrogens is 200 g/mol. The smallest absolute Gasteiger partial charge is 0.326 e. The average molecular weight is 215 g/mol. The number of nitrogens with two attached hydrogens (primary N) is 1. The molecule has 4 heteroatoms. The van der Waals surface area contributed by atoms with Gasteiger partial charge in [0.2, 0.25) is 5.82 Å². The third-order valence-corrected chi connectivity index (χ3v) is 2.50. The summed E-state index contributed by atoms with van der Waals surface area (Å²) in [6.45, 7) is 1.99. The second-order valence-corrected chi connectivity index (χ2v) is 3.69. The molecule has 0 aliphatic heterocycles. The Balaban J connectivity index is 2.29. The number of aryl methyl sites for hydroxylation is 1. The molecule has 0 aliphatic rings. The van der Waals surface area contributed by atoms with Gasteiger partial charge in [0.25, 0.3) is 0 Å². The first-order valence-corrected chi connectivity index (χ1v) is 5.12. The number of nitrogen functional groups attached to an aromatic ring is 1. The molecule has 1 aromatic heterocycles. The van der Waals surface area contributed by atoms with E-state index in [1.54, 1.807) is 0 Å². The van der Waals surface area contributed by atoms with Gasteiger partial charge in [-0.3, -0.25) is 5.73 Å². The van der Waals surface area contributed by atoms with Gasteiger partial charge in [-0.05, 0) is 19.1 Å². The number of hydrogen-bond acceptors (Lipinski definition) is 3. The van der Waals surface area contributed by atoms with Crippen LogP contribution in [0.4, 0.5) is 17.5 Å². The van der Waals surface area contributed by atoms with Crippen LogP contribution in [0.3, 0.4) is 0 Å². The van der Waals surface area contributed by atoms with Crippen molar-refractivity contribution in [2.75, 3.05) is 11.1 Å². The molecule has 0 radical (unpaired) electrons. The Hall–Kier alpha value is -2.10. The maximum absolute atomic E-state index is 5.79. The number of anilines is 3. The Kier molecular flexibility index (Phi) is 2.72. The van der Waals surface area contributed by atoms with Crippen LogP contribution in [0.2, 0.25) is 0 Å². The summed E-state index contributed by atoms with van der Waals surface area (Å²) in [5, 5.41) is 3.21. The van der Waals surface area contributed by atoms with E-state index in [0.29, 0.717) is 5.95 Å².